The minimum atomic E-state index is -0.136. The first-order chi connectivity index (χ1) is 11.6. The molecule has 3 aromatic rings. The van der Waals surface area contributed by atoms with Crippen molar-refractivity contribution in [1.29, 1.82) is 0 Å². The largest absolute Gasteiger partial charge is 0.440 e. The van der Waals surface area contributed by atoms with Crippen molar-refractivity contribution in [2.45, 2.75) is 32.1 Å². The van der Waals surface area contributed by atoms with E-state index in [0.717, 1.165) is 46.4 Å². The second kappa shape index (κ2) is 6.06. The molecule has 4 nitrogen and oxygen atoms in total. The van der Waals surface area contributed by atoms with Crippen molar-refractivity contribution in [2.75, 3.05) is 5.32 Å². The summed E-state index contributed by atoms with van der Waals surface area (Å²) in [6.45, 7) is 2.09. The second-order valence-corrected chi connectivity index (χ2v) is 6.98. The van der Waals surface area contributed by atoms with Crippen LogP contribution in [0.3, 0.4) is 0 Å². The quantitative estimate of drug-likeness (QED) is 0.665. The zero-order valence-electron chi connectivity index (χ0n) is 13.3. The lowest BCUT2D eigenvalue weighted by molar-refractivity contribution is 0.102. The molecule has 0 bridgehead atoms. The molecular weight excluding hydrogens is 368 g/mol. The van der Waals surface area contributed by atoms with Crippen LogP contribution in [0.25, 0.3) is 11.1 Å². The fraction of sp³-hybridized carbons (Fsp3) is 0.263. The van der Waals surface area contributed by atoms with Gasteiger partial charge in [-0.2, -0.15) is 0 Å². The summed E-state index contributed by atoms with van der Waals surface area (Å²) in [6, 6.07) is 11.2. The van der Waals surface area contributed by atoms with Crippen molar-refractivity contribution < 1.29 is 9.21 Å². The number of benzene rings is 2. The van der Waals surface area contributed by atoms with Crippen LogP contribution in [0.5, 0.6) is 0 Å². The molecule has 1 aromatic heterocycles. The first-order valence-electron chi connectivity index (χ1n) is 8.14. The number of carbonyl (C=O) groups excluding carboxylic acids is 1. The zero-order chi connectivity index (χ0) is 16.7. The number of oxazole rings is 1. The topological polar surface area (TPSA) is 55.1 Å². The summed E-state index contributed by atoms with van der Waals surface area (Å²) in [5.74, 6) is 1.15. The van der Waals surface area contributed by atoms with Gasteiger partial charge in [0.2, 0.25) is 0 Å². The van der Waals surface area contributed by atoms with Crippen LogP contribution < -0.4 is 5.32 Å². The van der Waals surface area contributed by atoms with Crippen molar-refractivity contribution >= 4 is 38.6 Å². The van der Waals surface area contributed by atoms with Crippen LogP contribution in [0.4, 0.5) is 5.69 Å². The predicted octanol–water partition coefficient (Wildman–Crippen LogP) is 5.28. The van der Waals surface area contributed by atoms with Crippen LogP contribution in [0, 0.1) is 0 Å². The van der Waals surface area contributed by atoms with Crippen molar-refractivity contribution in [3.8, 4) is 0 Å². The minimum Gasteiger partial charge on any atom is -0.440 e. The predicted molar refractivity (Wildman–Crippen MR) is 97.5 cm³/mol. The number of hydrogen-bond donors (Lipinski definition) is 1. The Morgan fingerprint density at radius 2 is 2.12 bits per heavy atom. The Balaban J connectivity index is 1.56. The highest BCUT2D eigenvalue weighted by Gasteiger charge is 2.28. The summed E-state index contributed by atoms with van der Waals surface area (Å²) in [5.41, 5.74) is 4.09. The Kier molecular flexibility index (Phi) is 3.88. The molecule has 122 valence electrons. The van der Waals surface area contributed by atoms with Gasteiger partial charge in [-0.3, -0.25) is 4.79 Å². The molecule has 0 radical (unpaired) electrons. The van der Waals surface area contributed by atoms with Gasteiger partial charge in [-0.25, -0.2) is 4.98 Å². The average Bonchev–Trinajstić information content (AvgIpc) is 3.34. The van der Waals surface area contributed by atoms with Crippen LogP contribution >= 0.6 is 15.9 Å². The maximum atomic E-state index is 12.4. The molecule has 0 saturated heterocycles. The second-order valence-electron chi connectivity index (χ2n) is 6.12. The number of nitrogens with zero attached hydrogens (tertiary/aromatic N) is 1. The van der Waals surface area contributed by atoms with E-state index in [2.05, 4.69) is 33.2 Å². The highest BCUT2D eigenvalue weighted by molar-refractivity contribution is 9.10. The van der Waals surface area contributed by atoms with Crippen LogP contribution in [-0.4, -0.2) is 10.9 Å². The van der Waals surface area contributed by atoms with Crippen LogP contribution in [-0.2, 0) is 6.42 Å². The molecule has 1 amide bonds. The summed E-state index contributed by atoms with van der Waals surface area (Å²) in [7, 11) is 0. The number of amides is 1. The molecule has 1 aliphatic carbocycles. The minimum absolute atomic E-state index is 0.136. The third kappa shape index (κ3) is 2.96. The van der Waals surface area contributed by atoms with Gasteiger partial charge in [-0.05, 0) is 55.2 Å². The fourth-order valence-corrected chi connectivity index (χ4v) is 3.37. The van der Waals surface area contributed by atoms with Crippen molar-refractivity contribution in [2.24, 2.45) is 0 Å². The van der Waals surface area contributed by atoms with E-state index in [9.17, 15) is 4.79 Å². The molecule has 0 unspecified atom stereocenters. The molecule has 24 heavy (non-hydrogen) atoms. The van der Waals surface area contributed by atoms with E-state index in [-0.39, 0.29) is 5.91 Å². The van der Waals surface area contributed by atoms with E-state index in [1.54, 1.807) is 0 Å². The van der Waals surface area contributed by atoms with Crippen LogP contribution in [0.2, 0.25) is 0 Å². The number of hydrogen-bond acceptors (Lipinski definition) is 3. The summed E-state index contributed by atoms with van der Waals surface area (Å²) in [4.78, 5) is 17.0. The number of halogens is 1. The highest BCUT2D eigenvalue weighted by Crippen LogP contribution is 2.40. The van der Waals surface area contributed by atoms with Gasteiger partial charge in [0.1, 0.15) is 5.52 Å². The number of rotatable bonds is 4. The summed E-state index contributed by atoms with van der Waals surface area (Å²) in [5, 5.41) is 2.93. The molecular formula is C19H17BrN2O2. The lowest BCUT2D eigenvalue weighted by Crippen LogP contribution is -2.12. The number of carbonyl (C=O) groups is 1. The Morgan fingerprint density at radius 3 is 2.83 bits per heavy atom. The third-order valence-electron chi connectivity index (χ3n) is 4.28. The van der Waals surface area contributed by atoms with Gasteiger partial charge < -0.3 is 9.73 Å². The summed E-state index contributed by atoms with van der Waals surface area (Å²) < 4.78 is 6.70. The maximum absolute atomic E-state index is 12.4. The Hall–Kier alpha value is -2.14. The molecule has 4 rings (SSSR count). The Morgan fingerprint density at radius 1 is 1.29 bits per heavy atom. The van der Waals surface area contributed by atoms with Gasteiger partial charge in [0, 0.05) is 21.6 Å². The zero-order valence-corrected chi connectivity index (χ0v) is 14.9. The van der Waals surface area contributed by atoms with Crippen molar-refractivity contribution in [3.05, 3.63) is 57.9 Å². The molecule has 1 saturated carbocycles. The molecule has 1 aliphatic rings. The van der Waals surface area contributed by atoms with E-state index < -0.39 is 0 Å². The molecule has 0 aliphatic heterocycles. The molecule has 0 atom stereocenters. The van der Waals surface area contributed by atoms with Gasteiger partial charge in [0.15, 0.2) is 11.5 Å². The molecule has 1 fully saturated rings. The molecule has 1 N–H and O–H groups in total. The van der Waals surface area contributed by atoms with Crippen molar-refractivity contribution in [3.63, 3.8) is 0 Å². The monoisotopic (exact) mass is 384 g/mol. The van der Waals surface area contributed by atoms with Gasteiger partial charge in [0.05, 0.1) is 0 Å². The third-order valence-corrected chi connectivity index (χ3v) is 5.02. The Bertz CT molecular complexity index is 928. The first kappa shape index (κ1) is 15.4. The average molecular weight is 385 g/mol. The number of aromatic nitrogens is 1. The molecule has 5 heteroatoms. The van der Waals surface area contributed by atoms with E-state index in [4.69, 9.17) is 4.42 Å². The lowest BCUT2D eigenvalue weighted by Gasteiger charge is -2.07. The van der Waals surface area contributed by atoms with Gasteiger partial charge in [0.25, 0.3) is 5.91 Å². The van der Waals surface area contributed by atoms with Gasteiger partial charge in [-0.15, -0.1) is 0 Å². The van der Waals surface area contributed by atoms with Crippen LogP contribution in [0.1, 0.15) is 47.5 Å². The standard InChI is InChI=1S/C19H17BrN2O2/c1-2-11-3-6-13(9-15(11)20)18(23)21-14-7-8-17-16(10-14)22-19(24-17)12-4-5-12/h3,6-10,12H,2,4-5H2,1H3,(H,21,23). The Labute approximate surface area is 148 Å². The number of anilines is 1. The number of nitrogens with one attached hydrogen (secondary N) is 1. The van der Waals surface area contributed by atoms with Gasteiger partial charge >= 0.3 is 0 Å². The van der Waals surface area contributed by atoms with E-state index in [1.807, 2.05) is 36.4 Å². The summed E-state index contributed by atoms with van der Waals surface area (Å²) >= 11 is 3.51. The molecule has 1 heterocycles. The van der Waals surface area contributed by atoms with Crippen molar-refractivity contribution in [1.82, 2.24) is 4.98 Å². The molecule has 2 aromatic carbocycles. The van der Waals surface area contributed by atoms with E-state index in [1.165, 1.54) is 5.56 Å². The van der Waals surface area contributed by atoms with Gasteiger partial charge in [-0.1, -0.05) is 28.9 Å². The van der Waals surface area contributed by atoms with E-state index >= 15 is 0 Å². The number of fused-ring (bicyclic) bond motifs is 1. The lowest BCUT2D eigenvalue weighted by atomic mass is 10.1. The normalized spacial score (nSPS) is 14.1. The first-order valence-corrected chi connectivity index (χ1v) is 8.93. The summed E-state index contributed by atoms with van der Waals surface area (Å²) in [6.07, 6.45) is 3.23. The molecule has 0 spiro atoms. The number of aryl methyl sites for hydroxylation is 1. The SMILES string of the molecule is CCc1ccc(C(=O)Nc2ccc3oc(C4CC4)nc3c2)cc1Br. The maximum Gasteiger partial charge on any atom is 0.255 e. The van der Waals surface area contributed by atoms with E-state index in [0.29, 0.717) is 11.5 Å². The highest BCUT2D eigenvalue weighted by atomic mass is 79.9. The fourth-order valence-electron chi connectivity index (χ4n) is 2.71. The van der Waals surface area contributed by atoms with Crippen LogP contribution in [0.15, 0.2) is 45.3 Å². The smallest absolute Gasteiger partial charge is 0.255 e.